The zero-order chi connectivity index (χ0) is 15.1. The highest BCUT2D eigenvalue weighted by molar-refractivity contribution is 5.59. The molecule has 2 N–H and O–H groups in total. The minimum absolute atomic E-state index is 0.235. The van der Waals surface area contributed by atoms with Crippen LogP contribution >= 0.6 is 0 Å². The summed E-state index contributed by atoms with van der Waals surface area (Å²) in [6, 6.07) is 0. The van der Waals surface area contributed by atoms with Crippen LogP contribution in [0, 0.1) is 0 Å². The topological polar surface area (TPSA) is 64.5 Å². The molecule has 0 saturated carbocycles. The third kappa shape index (κ3) is 4.04. The maximum absolute atomic E-state index is 9.03. The van der Waals surface area contributed by atoms with E-state index in [2.05, 4.69) is 38.9 Å². The summed E-state index contributed by atoms with van der Waals surface area (Å²) >= 11 is 0. The van der Waals surface area contributed by atoms with E-state index in [-0.39, 0.29) is 6.61 Å². The molecule has 0 atom stereocenters. The zero-order valence-corrected chi connectivity index (χ0v) is 13.2. The number of nitrogens with zero attached hydrogens (tertiary/aromatic N) is 4. The molecule has 1 aromatic heterocycles. The highest BCUT2D eigenvalue weighted by atomic mass is 16.3. The van der Waals surface area contributed by atoms with Crippen molar-refractivity contribution in [2.24, 2.45) is 0 Å². The first-order chi connectivity index (χ1) is 10.3. The van der Waals surface area contributed by atoms with Crippen LogP contribution in [-0.4, -0.2) is 65.8 Å². The summed E-state index contributed by atoms with van der Waals surface area (Å²) in [5.74, 6) is 2.05. The summed E-state index contributed by atoms with van der Waals surface area (Å²) in [4.78, 5) is 13.6. The lowest BCUT2D eigenvalue weighted by Crippen LogP contribution is -2.47. The Labute approximate surface area is 127 Å². The second-order valence-electron chi connectivity index (χ2n) is 5.36. The van der Waals surface area contributed by atoms with E-state index in [4.69, 9.17) is 5.11 Å². The zero-order valence-electron chi connectivity index (χ0n) is 13.2. The van der Waals surface area contributed by atoms with E-state index < -0.39 is 0 Å². The lowest BCUT2D eigenvalue weighted by Gasteiger charge is -2.36. The van der Waals surface area contributed by atoms with Gasteiger partial charge >= 0.3 is 0 Å². The molecule has 118 valence electrons. The molecule has 1 saturated heterocycles. The van der Waals surface area contributed by atoms with Crippen LogP contribution in [0.5, 0.6) is 0 Å². The monoisotopic (exact) mass is 293 g/mol. The van der Waals surface area contributed by atoms with Gasteiger partial charge in [0.2, 0.25) is 0 Å². The van der Waals surface area contributed by atoms with Crippen molar-refractivity contribution < 1.29 is 5.11 Å². The highest BCUT2D eigenvalue weighted by Gasteiger charge is 2.21. The third-order valence-corrected chi connectivity index (χ3v) is 3.85. The number of aliphatic hydroxyl groups excluding tert-OH is 1. The fraction of sp³-hybridized carbons (Fsp3) is 0.733. The van der Waals surface area contributed by atoms with Crippen molar-refractivity contribution in [2.45, 2.75) is 26.7 Å². The maximum atomic E-state index is 9.03. The van der Waals surface area contributed by atoms with Crippen LogP contribution in [0.25, 0.3) is 0 Å². The average molecular weight is 293 g/mol. The van der Waals surface area contributed by atoms with Crippen LogP contribution in [0.2, 0.25) is 0 Å². The highest BCUT2D eigenvalue weighted by Crippen LogP contribution is 2.25. The van der Waals surface area contributed by atoms with E-state index in [1.165, 1.54) is 5.56 Å². The maximum Gasteiger partial charge on any atom is 0.137 e. The normalized spacial score (nSPS) is 16.2. The van der Waals surface area contributed by atoms with Gasteiger partial charge in [-0.1, -0.05) is 13.3 Å². The molecule has 0 radical (unpaired) electrons. The van der Waals surface area contributed by atoms with E-state index in [1.54, 1.807) is 6.33 Å². The molecule has 0 aliphatic carbocycles. The summed E-state index contributed by atoms with van der Waals surface area (Å²) in [5, 5.41) is 12.4. The number of piperazine rings is 1. The minimum atomic E-state index is 0.235. The van der Waals surface area contributed by atoms with Crippen LogP contribution < -0.4 is 10.2 Å². The predicted octanol–water partition coefficient (Wildman–Crippen LogP) is 0.975. The molecule has 21 heavy (non-hydrogen) atoms. The van der Waals surface area contributed by atoms with Crippen LogP contribution in [0.15, 0.2) is 6.33 Å². The van der Waals surface area contributed by atoms with Crippen molar-refractivity contribution in [1.82, 2.24) is 14.9 Å². The van der Waals surface area contributed by atoms with Crippen molar-refractivity contribution in [1.29, 1.82) is 0 Å². The van der Waals surface area contributed by atoms with Gasteiger partial charge in [-0.2, -0.15) is 0 Å². The Kier molecular flexibility index (Phi) is 6.20. The summed E-state index contributed by atoms with van der Waals surface area (Å²) < 4.78 is 0. The van der Waals surface area contributed by atoms with Crippen molar-refractivity contribution in [2.75, 3.05) is 56.1 Å². The number of β-amino-alcohol motifs (C(OH)–C–C–N with tert-alkyl or cyclic N) is 1. The van der Waals surface area contributed by atoms with Crippen molar-refractivity contribution in [3.63, 3.8) is 0 Å². The molecule has 1 fully saturated rings. The second-order valence-corrected chi connectivity index (χ2v) is 5.36. The Hall–Kier alpha value is -1.40. The van der Waals surface area contributed by atoms with Gasteiger partial charge < -0.3 is 15.3 Å². The van der Waals surface area contributed by atoms with E-state index in [9.17, 15) is 0 Å². The Morgan fingerprint density at radius 3 is 2.57 bits per heavy atom. The SMILES string of the molecule is CCCc1c(NCC)ncnc1N1CCN(CCO)CC1. The molecule has 0 unspecified atom stereocenters. The molecule has 0 spiro atoms. The molecule has 1 aliphatic heterocycles. The number of hydrogen-bond acceptors (Lipinski definition) is 6. The third-order valence-electron chi connectivity index (χ3n) is 3.85. The van der Waals surface area contributed by atoms with Gasteiger partial charge in [-0.3, -0.25) is 4.90 Å². The number of nitrogens with one attached hydrogen (secondary N) is 1. The van der Waals surface area contributed by atoms with E-state index >= 15 is 0 Å². The van der Waals surface area contributed by atoms with Crippen LogP contribution in [0.3, 0.4) is 0 Å². The molecule has 2 heterocycles. The Morgan fingerprint density at radius 1 is 1.19 bits per heavy atom. The van der Waals surface area contributed by atoms with Crippen LogP contribution in [-0.2, 0) is 6.42 Å². The Bertz CT molecular complexity index is 432. The second kappa shape index (κ2) is 8.14. The van der Waals surface area contributed by atoms with Gasteiger partial charge in [0, 0.05) is 44.8 Å². The largest absolute Gasteiger partial charge is 0.395 e. The number of aliphatic hydroxyl groups is 1. The lowest BCUT2D eigenvalue weighted by atomic mass is 10.1. The summed E-state index contributed by atoms with van der Waals surface area (Å²) in [5.41, 5.74) is 1.23. The molecule has 1 aromatic rings. The first-order valence-electron chi connectivity index (χ1n) is 7.96. The number of anilines is 2. The molecular formula is C15H27N5O. The van der Waals surface area contributed by atoms with Gasteiger partial charge in [0.1, 0.15) is 18.0 Å². The molecule has 0 aromatic carbocycles. The smallest absolute Gasteiger partial charge is 0.137 e. The van der Waals surface area contributed by atoms with Crippen LogP contribution in [0.4, 0.5) is 11.6 Å². The van der Waals surface area contributed by atoms with E-state index in [0.717, 1.165) is 63.7 Å². The molecule has 0 bridgehead atoms. The molecule has 0 amide bonds. The molecule has 2 rings (SSSR count). The summed E-state index contributed by atoms with van der Waals surface area (Å²) in [6.07, 6.45) is 3.74. The van der Waals surface area contributed by atoms with Crippen molar-refractivity contribution in [3.05, 3.63) is 11.9 Å². The average Bonchev–Trinajstić information content (AvgIpc) is 2.51. The first kappa shape index (κ1) is 16.0. The lowest BCUT2D eigenvalue weighted by molar-refractivity contribution is 0.188. The fourth-order valence-corrected chi connectivity index (χ4v) is 2.80. The van der Waals surface area contributed by atoms with Gasteiger partial charge in [-0.25, -0.2) is 9.97 Å². The molecular weight excluding hydrogens is 266 g/mol. The van der Waals surface area contributed by atoms with Gasteiger partial charge in [-0.05, 0) is 13.3 Å². The Morgan fingerprint density at radius 2 is 1.95 bits per heavy atom. The van der Waals surface area contributed by atoms with E-state index in [0.29, 0.717) is 0 Å². The van der Waals surface area contributed by atoms with Gasteiger partial charge in [0.05, 0.1) is 6.61 Å². The quantitative estimate of drug-likeness (QED) is 0.781. The molecule has 6 nitrogen and oxygen atoms in total. The van der Waals surface area contributed by atoms with Gasteiger partial charge in [0.25, 0.3) is 0 Å². The van der Waals surface area contributed by atoms with Crippen molar-refractivity contribution >= 4 is 11.6 Å². The number of aromatic nitrogens is 2. The standard InChI is InChI=1S/C15H27N5O/c1-3-5-13-14(16-4-2)17-12-18-15(13)20-8-6-19(7-9-20)10-11-21/h12,21H,3-11H2,1-2H3,(H,16,17,18). The summed E-state index contributed by atoms with van der Waals surface area (Å²) in [6.45, 7) is 10.0. The van der Waals surface area contributed by atoms with Gasteiger partial charge in [-0.15, -0.1) is 0 Å². The first-order valence-corrected chi connectivity index (χ1v) is 7.96. The fourth-order valence-electron chi connectivity index (χ4n) is 2.80. The molecule has 6 heteroatoms. The molecule has 1 aliphatic rings. The van der Waals surface area contributed by atoms with Crippen molar-refractivity contribution in [3.8, 4) is 0 Å². The summed E-state index contributed by atoms with van der Waals surface area (Å²) in [7, 11) is 0. The number of hydrogen-bond donors (Lipinski definition) is 2. The number of rotatable bonds is 7. The van der Waals surface area contributed by atoms with Gasteiger partial charge in [0.15, 0.2) is 0 Å². The predicted molar refractivity (Wildman–Crippen MR) is 85.9 cm³/mol. The minimum Gasteiger partial charge on any atom is -0.395 e. The Balaban J connectivity index is 2.13. The van der Waals surface area contributed by atoms with Crippen LogP contribution in [0.1, 0.15) is 25.8 Å². The van der Waals surface area contributed by atoms with E-state index in [1.807, 2.05) is 0 Å².